The number of fused-ring (bicyclic) bond motifs is 1. The van der Waals surface area contributed by atoms with E-state index in [2.05, 4.69) is 27.2 Å². The molecule has 1 aliphatic rings. The first-order chi connectivity index (χ1) is 12.1. The maximum Gasteiger partial charge on any atom is 0.325 e. The summed E-state index contributed by atoms with van der Waals surface area (Å²) < 4.78 is 0. The highest BCUT2D eigenvalue weighted by Crippen LogP contribution is 2.20. The average molecular weight is 345 g/mol. The number of hydrogen-bond donors (Lipinski definition) is 3. The first-order valence-electron chi connectivity index (χ1n) is 8.75. The van der Waals surface area contributed by atoms with E-state index < -0.39 is 0 Å². The number of rotatable bonds is 5. The molecule has 0 aliphatic carbocycles. The van der Waals surface area contributed by atoms with Crippen molar-refractivity contribution in [1.82, 2.24) is 19.9 Å². The second-order valence-corrected chi connectivity index (χ2v) is 6.36. The van der Waals surface area contributed by atoms with E-state index in [1.165, 1.54) is 0 Å². The van der Waals surface area contributed by atoms with Crippen LogP contribution in [0.25, 0.3) is 11.2 Å². The molecule has 2 aromatic heterocycles. The lowest BCUT2D eigenvalue weighted by Crippen LogP contribution is -2.43. The van der Waals surface area contributed by atoms with Gasteiger partial charge in [-0.2, -0.15) is 0 Å². The minimum absolute atomic E-state index is 0.0417. The number of H-pyrrole nitrogens is 2. The normalized spacial score (nSPS) is 17.6. The van der Waals surface area contributed by atoms with Gasteiger partial charge in [0, 0.05) is 25.4 Å². The molecule has 3 heterocycles. The Morgan fingerprint density at radius 1 is 1.28 bits per heavy atom. The standard InChI is InChI=1S/C17H23N5O3/c1-2-11-5-3-4-10-22(11)15(24)9-8-14(23)19-13-7-6-12-16(20-13)21-17(25)18-12/h6-7,11H,2-5,8-10H2,1H3,(H3,18,19,20,21,23,25). The number of hydrogen-bond acceptors (Lipinski definition) is 4. The molecule has 1 atom stereocenters. The number of nitrogens with one attached hydrogen (secondary N) is 3. The third-order valence-corrected chi connectivity index (χ3v) is 4.63. The quantitative estimate of drug-likeness (QED) is 0.766. The van der Waals surface area contributed by atoms with Crippen molar-refractivity contribution < 1.29 is 9.59 Å². The number of aromatic nitrogens is 3. The fourth-order valence-electron chi connectivity index (χ4n) is 3.31. The van der Waals surface area contributed by atoms with Gasteiger partial charge < -0.3 is 15.2 Å². The number of imidazole rings is 1. The smallest absolute Gasteiger partial charge is 0.325 e. The second kappa shape index (κ2) is 7.50. The molecule has 134 valence electrons. The Hall–Kier alpha value is -2.64. The van der Waals surface area contributed by atoms with E-state index in [9.17, 15) is 14.4 Å². The molecular weight excluding hydrogens is 322 g/mol. The van der Waals surface area contributed by atoms with Gasteiger partial charge >= 0.3 is 5.69 Å². The molecule has 1 saturated heterocycles. The molecule has 2 amide bonds. The molecular formula is C17H23N5O3. The fraction of sp³-hybridized carbons (Fsp3) is 0.529. The molecule has 3 rings (SSSR count). The number of amides is 2. The predicted molar refractivity (Wildman–Crippen MR) is 94.2 cm³/mol. The number of carbonyl (C=O) groups excluding carboxylic acids is 2. The van der Waals surface area contributed by atoms with Crippen LogP contribution in [-0.4, -0.2) is 44.3 Å². The molecule has 8 nitrogen and oxygen atoms in total. The Balaban J connectivity index is 1.54. The number of aromatic amines is 2. The molecule has 25 heavy (non-hydrogen) atoms. The summed E-state index contributed by atoms with van der Waals surface area (Å²) in [7, 11) is 0. The fourth-order valence-corrected chi connectivity index (χ4v) is 3.31. The monoisotopic (exact) mass is 345 g/mol. The maximum absolute atomic E-state index is 12.4. The van der Waals surface area contributed by atoms with Gasteiger partial charge in [0.2, 0.25) is 11.8 Å². The van der Waals surface area contributed by atoms with Gasteiger partial charge in [-0.1, -0.05) is 6.92 Å². The minimum atomic E-state index is -0.344. The highest BCUT2D eigenvalue weighted by atomic mass is 16.2. The van der Waals surface area contributed by atoms with E-state index in [0.717, 1.165) is 32.2 Å². The van der Waals surface area contributed by atoms with Crippen LogP contribution in [0.15, 0.2) is 16.9 Å². The summed E-state index contributed by atoms with van der Waals surface area (Å²) in [5, 5.41) is 2.67. The lowest BCUT2D eigenvalue weighted by Gasteiger charge is -2.35. The highest BCUT2D eigenvalue weighted by Gasteiger charge is 2.25. The number of anilines is 1. The van der Waals surface area contributed by atoms with Crippen LogP contribution >= 0.6 is 0 Å². The van der Waals surface area contributed by atoms with Crippen LogP contribution in [0.5, 0.6) is 0 Å². The van der Waals surface area contributed by atoms with Crippen molar-refractivity contribution in [1.29, 1.82) is 0 Å². The van der Waals surface area contributed by atoms with Crippen LogP contribution in [0, 0.1) is 0 Å². The van der Waals surface area contributed by atoms with Gasteiger partial charge in [-0.15, -0.1) is 0 Å². The lowest BCUT2D eigenvalue weighted by molar-refractivity contribution is -0.136. The van der Waals surface area contributed by atoms with Gasteiger partial charge in [0.1, 0.15) is 5.82 Å². The van der Waals surface area contributed by atoms with E-state index in [4.69, 9.17) is 0 Å². The van der Waals surface area contributed by atoms with Crippen LogP contribution in [0.2, 0.25) is 0 Å². The first kappa shape index (κ1) is 17.2. The van der Waals surface area contributed by atoms with Gasteiger partial charge in [-0.3, -0.25) is 14.6 Å². The summed E-state index contributed by atoms with van der Waals surface area (Å²) in [6, 6.07) is 3.59. The zero-order valence-corrected chi connectivity index (χ0v) is 14.3. The second-order valence-electron chi connectivity index (χ2n) is 6.36. The maximum atomic E-state index is 12.4. The third-order valence-electron chi connectivity index (χ3n) is 4.63. The molecule has 0 aromatic carbocycles. The van der Waals surface area contributed by atoms with Crippen molar-refractivity contribution in [3.8, 4) is 0 Å². The van der Waals surface area contributed by atoms with E-state index >= 15 is 0 Å². The molecule has 2 aromatic rings. The number of piperidine rings is 1. The minimum Gasteiger partial charge on any atom is -0.340 e. The zero-order chi connectivity index (χ0) is 17.8. The molecule has 3 N–H and O–H groups in total. The molecule has 1 aliphatic heterocycles. The summed E-state index contributed by atoms with van der Waals surface area (Å²) >= 11 is 0. The van der Waals surface area contributed by atoms with Gasteiger partial charge in [-0.05, 0) is 37.8 Å². The first-order valence-corrected chi connectivity index (χ1v) is 8.75. The van der Waals surface area contributed by atoms with Crippen molar-refractivity contribution in [2.75, 3.05) is 11.9 Å². The Morgan fingerprint density at radius 3 is 2.92 bits per heavy atom. The Bertz CT molecular complexity index is 825. The van der Waals surface area contributed by atoms with Gasteiger partial charge in [0.25, 0.3) is 0 Å². The number of carbonyl (C=O) groups is 2. The van der Waals surface area contributed by atoms with Crippen molar-refractivity contribution in [3.05, 3.63) is 22.6 Å². The van der Waals surface area contributed by atoms with Crippen LogP contribution in [0.4, 0.5) is 5.82 Å². The number of nitrogens with zero attached hydrogens (tertiary/aromatic N) is 2. The molecule has 0 bridgehead atoms. The van der Waals surface area contributed by atoms with Gasteiger partial charge in [0.05, 0.1) is 5.52 Å². The van der Waals surface area contributed by atoms with Crippen LogP contribution in [-0.2, 0) is 9.59 Å². The molecule has 8 heteroatoms. The molecule has 1 unspecified atom stereocenters. The van der Waals surface area contributed by atoms with E-state index in [1.807, 2.05) is 4.90 Å². The molecule has 1 fully saturated rings. The summed E-state index contributed by atoms with van der Waals surface area (Å²) in [5.74, 6) is 0.132. The van der Waals surface area contributed by atoms with E-state index in [0.29, 0.717) is 23.0 Å². The van der Waals surface area contributed by atoms with E-state index in [1.54, 1.807) is 12.1 Å². The number of likely N-dealkylation sites (tertiary alicyclic amines) is 1. The van der Waals surface area contributed by atoms with Crippen molar-refractivity contribution in [2.24, 2.45) is 0 Å². The summed E-state index contributed by atoms with van der Waals surface area (Å²) in [4.78, 5) is 46.9. The summed E-state index contributed by atoms with van der Waals surface area (Å²) in [6.45, 7) is 2.88. The largest absolute Gasteiger partial charge is 0.340 e. The molecule has 0 radical (unpaired) electrons. The Kier molecular flexibility index (Phi) is 5.16. The summed E-state index contributed by atoms with van der Waals surface area (Å²) in [6.07, 6.45) is 4.52. The van der Waals surface area contributed by atoms with Crippen molar-refractivity contribution in [3.63, 3.8) is 0 Å². The van der Waals surface area contributed by atoms with E-state index in [-0.39, 0.29) is 30.3 Å². The zero-order valence-electron chi connectivity index (χ0n) is 14.3. The topological polar surface area (TPSA) is 111 Å². The molecule has 0 saturated carbocycles. The average Bonchev–Trinajstić information content (AvgIpc) is 2.99. The lowest BCUT2D eigenvalue weighted by atomic mass is 9.99. The van der Waals surface area contributed by atoms with Gasteiger partial charge in [0.15, 0.2) is 5.65 Å². The highest BCUT2D eigenvalue weighted by molar-refractivity contribution is 5.93. The third kappa shape index (κ3) is 4.07. The van der Waals surface area contributed by atoms with Crippen LogP contribution in [0.1, 0.15) is 45.4 Å². The number of pyridine rings is 1. The molecule has 0 spiro atoms. The SMILES string of the molecule is CCC1CCCCN1C(=O)CCC(=O)Nc1ccc2[nH]c(=O)[nH]c2n1. The van der Waals surface area contributed by atoms with Gasteiger partial charge in [-0.25, -0.2) is 9.78 Å². The van der Waals surface area contributed by atoms with Crippen molar-refractivity contribution in [2.45, 2.75) is 51.5 Å². The summed E-state index contributed by atoms with van der Waals surface area (Å²) in [5.41, 5.74) is 0.621. The predicted octanol–water partition coefficient (Wildman–Crippen LogP) is 1.76. The van der Waals surface area contributed by atoms with Crippen LogP contribution < -0.4 is 11.0 Å². The van der Waals surface area contributed by atoms with Crippen LogP contribution in [0.3, 0.4) is 0 Å². The Morgan fingerprint density at radius 2 is 2.12 bits per heavy atom. The van der Waals surface area contributed by atoms with Crippen molar-refractivity contribution >= 4 is 28.8 Å². The Labute approximate surface area is 145 Å².